The van der Waals surface area contributed by atoms with E-state index in [4.69, 9.17) is 18.0 Å². The average Bonchev–Trinajstić information content (AvgIpc) is 2.37. The third-order valence-electron chi connectivity index (χ3n) is 2.55. The molecule has 19 heavy (non-hydrogen) atoms. The maximum Gasteiger partial charge on any atom is 0.271 e. The zero-order valence-electron chi connectivity index (χ0n) is 10.4. The summed E-state index contributed by atoms with van der Waals surface area (Å²) in [5.74, 6) is 2.04. The number of carbonyl (C=O) groups excluding carboxylic acids is 1. The third kappa shape index (κ3) is 4.27. The van der Waals surface area contributed by atoms with Crippen LogP contribution in [0.3, 0.4) is 0 Å². The van der Waals surface area contributed by atoms with Gasteiger partial charge in [-0.05, 0) is 12.5 Å². The van der Waals surface area contributed by atoms with Crippen molar-refractivity contribution in [2.75, 3.05) is 0 Å². The molecule has 1 aromatic rings. The Labute approximate surface area is 116 Å². The Morgan fingerprint density at radius 3 is 2.79 bits per heavy atom. The molecule has 0 aromatic heterocycles. The van der Waals surface area contributed by atoms with Crippen molar-refractivity contribution in [1.29, 1.82) is 0 Å². The third-order valence-corrected chi connectivity index (χ3v) is 2.77. The van der Waals surface area contributed by atoms with E-state index in [1.54, 1.807) is 0 Å². The highest BCUT2D eigenvalue weighted by molar-refractivity contribution is 6.31. The molecule has 100 valence electrons. The smallest absolute Gasteiger partial charge is 0.271 e. The number of hydrogen-bond donors (Lipinski definition) is 1. The zero-order chi connectivity index (χ0) is 14.4. The van der Waals surface area contributed by atoms with Crippen LogP contribution in [-0.2, 0) is 0 Å². The summed E-state index contributed by atoms with van der Waals surface area (Å²) in [4.78, 5) is 22.1. The lowest BCUT2D eigenvalue weighted by Crippen LogP contribution is -2.34. The molecule has 5 nitrogen and oxygen atoms in total. The van der Waals surface area contributed by atoms with Crippen LogP contribution >= 0.6 is 11.6 Å². The Kier molecular flexibility index (Phi) is 5.34. The van der Waals surface area contributed by atoms with Gasteiger partial charge in [-0.2, -0.15) is 0 Å². The Balaban J connectivity index is 2.93. The number of carbonyl (C=O) groups is 1. The number of non-ortho nitro benzene ring substituents is 1. The van der Waals surface area contributed by atoms with Crippen molar-refractivity contribution in [3.63, 3.8) is 0 Å². The summed E-state index contributed by atoms with van der Waals surface area (Å²) in [5, 5.41) is 13.6. The molecule has 0 heterocycles. The molecule has 1 aromatic carbocycles. The maximum absolute atomic E-state index is 12.0. The Morgan fingerprint density at radius 2 is 2.26 bits per heavy atom. The van der Waals surface area contributed by atoms with E-state index >= 15 is 0 Å². The fraction of sp³-hybridized carbons (Fsp3) is 0.308. The Morgan fingerprint density at radius 1 is 1.58 bits per heavy atom. The summed E-state index contributed by atoms with van der Waals surface area (Å²) in [6.07, 6.45) is 6.28. The second-order valence-electron chi connectivity index (χ2n) is 3.94. The molecule has 0 saturated heterocycles. The zero-order valence-corrected chi connectivity index (χ0v) is 11.1. The Bertz CT molecular complexity index is 537. The van der Waals surface area contributed by atoms with E-state index in [9.17, 15) is 14.9 Å². The minimum absolute atomic E-state index is 0.143. The van der Waals surface area contributed by atoms with Gasteiger partial charge in [-0.3, -0.25) is 14.9 Å². The van der Waals surface area contributed by atoms with Crippen molar-refractivity contribution < 1.29 is 9.72 Å². The van der Waals surface area contributed by atoms with E-state index in [1.165, 1.54) is 18.2 Å². The number of nitro benzene ring substituents is 1. The molecule has 0 aliphatic rings. The lowest BCUT2D eigenvalue weighted by atomic mass is 10.1. The number of nitrogens with one attached hydrogen (secondary N) is 1. The molecule has 1 N–H and O–H groups in total. The van der Waals surface area contributed by atoms with Crippen molar-refractivity contribution in [3.05, 3.63) is 38.9 Å². The van der Waals surface area contributed by atoms with Gasteiger partial charge in [0.25, 0.3) is 11.6 Å². The average molecular weight is 281 g/mol. The molecule has 1 rings (SSSR count). The van der Waals surface area contributed by atoms with Crippen LogP contribution in [0.2, 0.25) is 5.02 Å². The number of nitro groups is 1. The first-order valence-electron chi connectivity index (χ1n) is 5.67. The predicted octanol–water partition coefficient (Wildman–Crippen LogP) is 2.78. The number of amides is 1. The highest BCUT2D eigenvalue weighted by Crippen LogP contribution is 2.21. The van der Waals surface area contributed by atoms with Crippen molar-refractivity contribution in [3.8, 4) is 12.3 Å². The Hall–Kier alpha value is -2.06. The summed E-state index contributed by atoms with van der Waals surface area (Å²) in [5.41, 5.74) is -0.0719. The quantitative estimate of drug-likeness (QED) is 0.512. The normalized spacial score (nSPS) is 11.4. The molecule has 0 saturated carbocycles. The fourth-order valence-electron chi connectivity index (χ4n) is 1.52. The van der Waals surface area contributed by atoms with Crippen molar-refractivity contribution in [1.82, 2.24) is 5.32 Å². The minimum atomic E-state index is -0.596. The van der Waals surface area contributed by atoms with Crippen LogP contribution in [0.4, 0.5) is 5.69 Å². The number of benzene rings is 1. The molecule has 6 heteroatoms. The summed E-state index contributed by atoms with van der Waals surface area (Å²) in [6, 6.07) is 3.60. The number of halogens is 1. The first kappa shape index (κ1) is 15.0. The molecule has 1 unspecified atom stereocenters. The van der Waals surface area contributed by atoms with E-state index in [1.807, 2.05) is 6.92 Å². The first-order chi connectivity index (χ1) is 8.97. The van der Waals surface area contributed by atoms with Crippen LogP contribution in [-0.4, -0.2) is 16.9 Å². The molecule has 0 bridgehead atoms. The topological polar surface area (TPSA) is 72.2 Å². The van der Waals surface area contributed by atoms with Gasteiger partial charge >= 0.3 is 0 Å². The second-order valence-corrected chi connectivity index (χ2v) is 4.38. The maximum atomic E-state index is 12.0. The van der Waals surface area contributed by atoms with E-state index in [2.05, 4.69) is 11.2 Å². The van der Waals surface area contributed by atoms with Crippen molar-refractivity contribution >= 4 is 23.2 Å². The molecule has 0 radical (unpaired) electrons. The predicted molar refractivity (Wildman–Crippen MR) is 73.1 cm³/mol. The minimum Gasteiger partial charge on any atom is -0.348 e. The van der Waals surface area contributed by atoms with Gasteiger partial charge in [0.05, 0.1) is 4.92 Å². The van der Waals surface area contributed by atoms with Gasteiger partial charge in [0.1, 0.15) is 0 Å². The van der Waals surface area contributed by atoms with Crippen LogP contribution < -0.4 is 5.32 Å². The lowest BCUT2D eigenvalue weighted by molar-refractivity contribution is -0.384. The van der Waals surface area contributed by atoms with Crippen LogP contribution in [0.25, 0.3) is 0 Å². The SMILES string of the molecule is C#CCC(CC)NC(=O)c1cc(Cl)cc([N+](=O)[O-])c1. The first-order valence-corrected chi connectivity index (χ1v) is 6.05. The number of rotatable bonds is 5. The molecule has 0 aliphatic carbocycles. The van der Waals surface area contributed by atoms with Gasteiger partial charge < -0.3 is 5.32 Å². The highest BCUT2D eigenvalue weighted by Gasteiger charge is 2.16. The fourth-order valence-corrected chi connectivity index (χ4v) is 1.75. The van der Waals surface area contributed by atoms with Gasteiger partial charge in [-0.1, -0.05) is 18.5 Å². The molecule has 0 spiro atoms. The standard InChI is InChI=1S/C13H13ClN2O3/c1-3-5-11(4-2)15-13(17)9-6-10(14)8-12(7-9)16(18)19/h1,6-8,11H,4-5H2,2H3,(H,15,17). The molecule has 0 aliphatic heterocycles. The molecular formula is C13H13ClN2O3. The summed E-state index contributed by atoms with van der Waals surface area (Å²) < 4.78 is 0. The summed E-state index contributed by atoms with van der Waals surface area (Å²) in [6.45, 7) is 1.89. The molecule has 1 atom stereocenters. The summed E-state index contributed by atoms with van der Waals surface area (Å²) >= 11 is 5.75. The van der Waals surface area contributed by atoms with E-state index in [0.29, 0.717) is 12.8 Å². The van der Waals surface area contributed by atoms with Gasteiger partial charge in [-0.25, -0.2) is 0 Å². The van der Waals surface area contributed by atoms with Crippen molar-refractivity contribution in [2.45, 2.75) is 25.8 Å². The molecule has 0 fully saturated rings. The van der Waals surface area contributed by atoms with Gasteiger partial charge in [0.2, 0.25) is 0 Å². The number of nitrogens with zero attached hydrogens (tertiary/aromatic N) is 1. The van der Waals surface area contributed by atoms with Gasteiger partial charge in [0, 0.05) is 35.2 Å². The van der Waals surface area contributed by atoms with E-state index in [0.717, 1.165) is 0 Å². The monoisotopic (exact) mass is 280 g/mol. The highest BCUT2D eigenvalue weighted by atomic mass is 35.5. The van der Waals surface area contributed by atoms with Crippen LogP contribution in [0, 0.1) is 22.5 Å². The molecular weight excluding hydrogens is 268 g/mol. The second kappa shape index (κ2) is 6.76. The lowest BCUT2D eigenvalue weighted by Gasteiger charge is -2.14. The van der Waals surface area contributed by atoms with Gasteiger partial charge in [0.15, 0.2) is 0 Å². The van der Waals surface area contributed by atoms with Crippen LogP contribution in [0.1, 0.15) is 30.1 Å². The largest absolute Gasteiger partial charge is 0.348 e. The van der Waals surface area contributed by atoms with E-state index in [-0.39, 0.29) is 22.3 Å². The number of hydrogen-bond acceptors (Lipinski definition) is 3. The van der Waals surface area contributed by atoms with Crippen LogP contribution in [0.15, 0.2) is 18.2 Å². The van der Waals surface area contributed by atoms with Gasteiger partial charge in [-0.15, -0.1) is 12.3 Å². The van der Waals surface area contributed by atoms with Crippen LogP contribution in [0.5, 0.6) is 0 Å². The molecule has 1 amide bonds. The number of terminal acetylenes is 1. The summed E-state index contributed by atoms with van der Waals surface area (Å²) in [7, 11) is 0. The van der Waals surface area contributed by atoms with Crippen molar-refractivity contribution in [2.24, 2.45) is 0 Å². The van der Waals surface area contributed by atoms with E-state index < -0.39 is 10.8 Å².